The second-order valence-corrected chi connectivity index (χ2v) is 22.8. The summed E-state index contributed by atoms with van der Waals surface area (Å²) in [6.45, 7) is 10.3. The minimum Gasteiger partial charge on any atom is 0 e. The predicted molar refractivity (Wildman–Crippen MR) is 130 cm³/mol. The van der Waals surface area contributed by atoms with Crippen LogP contribution in [0.15, 0.2) is 18.2 Å². The normalized spacial score (nSPS) is 9.29. The Labute approximate surface area is 235 Å². The summed E-state index contributed by atoms with van der Waals surface area (Å²) in [7, 11) is 0. The van der Waals surface area contributed by atoms with E-state index in [2.05, 4.69) is 52.2 Å². The fourth-order valence-electron chi connectivity index (χ4n) is 2.28. The molecule has 0 saturated heterocycles. The third-order valence-corrected chi connectivity index (χ3v) is 3.65. The van der Waals surface area contributed by atoms with E-state index in [0.29, 0.717) is 61.6 Å². The number of hydrogen-bond donors (Lipinski definition) is 3. The number of halogens is 3. The first-order chi connectivity index (χ1) is 15.2. The average Bonchev–Trinajstić information content (AvgIpc) is 2.70. The molecular weight excluding hydrogens is 833 g/mol. The molecule has 3 heterocycles. The first-order valence-electron chi connectivity index (χ1n) is 8.97. The van der Waals surface area contributed by atoms with Crippen molar-refractivity contribution in [2.75, 3.05) is 0 Å². The molecule has 3 aromatic heterocycles. The maximum absolute atomic E-state index is 8.93. The van der Waals surface area contributed by atoms with Gasteiger partial charge in [0.15, 0.2) is 0 Å². The zero-order valence-electron chi connectivity index (χ0n) is 19.1. The topological polar surface area (TPSA) is 178 Å². The SMILES string of the molecule is Cc1cc(C)n(O)c(=[OH+])n1.Cc1cc(C)n(O)c(=[OH+])n1.Cc1cc(C)n(O)c(=[OH+])n1.I[I-]I.[Fe]. The van der Waals surface area contributed by atoms with E-state index in [-0.39, 0.29) is 34.1 Å². The van der Waals surface area contributed by atoms with Crippen LogP contribution in [-0.2, 0) is 17.1 Å². The van der Waals surface area contributed by atoms with Crippen molar-refractivity contribution in [2.45, 2.75) is 41.5 Å². The molecule has 12 nitrogen and oxygen atoms in total. The van der Waals surface area contributed by atoms with E-state index in [1.165, 1.54) is 0 Å². The Bertz CT molecular complexity index is 1100. The molecule has 0 aromatic carbocycles. The molecule has 6 N–H and O–H groups in total. The van der Waals surface area contributed by atoms with Gasteiger partial charge in [-0.3, -0.25) is 0 Å². The molecule has 0 spiro atoms. The van der Waals surface area contributed by atoms with Crippen molar-refractivity contribution < 1.29 is 60.3 Å². The zero-order chi connectivity index (χ0) is 25.9. The number of aryl methyl sites for hydroxylation is 6. The number of hydrogen-bond acceptors (Lipinski definition) is 6. The molecule has 0 saturated carbocycles. The van der Waals surface area contributed by atoms with Gasteiger partial charge in [-0.2, -0.15) is 0 Å². The second-order valence-electron chi connectivity index (χ2n) is 6.51. The van der Waals surface area contributed by atoms with Crippen LogP contribution in [-0.4, -0.2) is 59.1 Å². The molecule has 3 rings (SSSR count). The van der Waals surface area contributed by atoms with Crippen molar-refractivity contribution in [3.8, 4) is 0 Å². The summed E-state index contributed by atoms with van der Waals surface area (Å²) in [5.74, 6) is 0. The summed E-state index contributed by atoms with van der Waals surface area (Å²) in [6, 6.07) is 5.00. The van der Waals surface area contributed by atoms with E-state index < -0.39 is 0 Å². The number of nitrogens with zero attached hydrogens (tertiary/aromatic N) is 6. The molecule has 0 aliphatic rings. The Hall–Kier alpha value is -1.25. The van der Waals surface area contributed by atoms with Crippen molar-refractivity contribution in [3.05, 3.63) is 69.4 Å². The molecule has 16 heteroatoms. The molecule has 0 atom stereocenters. The van der Waals surface area contributed by atoms with Gasteiger partial charge < -0.3 is 15.6 Å². The standard InChI is InChI=1S/3C6H8N2O2.Fe.I3/c3*1-4-3-5(2)8(10)6(9)7-4;;1-3-2/h3*3,10H,1-2H3;;/q;;;;-1/p+3. The Morgan fingerprint density at radius 3 is 0.941 bits per heavy atom. The largest absolute Gasteiger partial charge is 0 e. The smallest absolute Gasteiger partial charge is 0 e. The molecule has 0 fully saturated rings. The van der Waals surface area contributed by atoms with E-state index in [1.807, 2.05) is 0 Å². The third-order valence-electron chi connectivity index (χ3n) is 3.65. The van der Waals surface area contributed by atoms with Gasteiger partial charge in [0, 0.05) is 17.1 Å². The van der Waals surface area contributed by atoms with E-state index in [0.717, 1.165) is 0 Å². The fraction of sp³-hybridized carbons (Fsp3) is 0.333. The van der Waals surface area contributed by atoms with Gasteiger partial charge in [-0.15, -0.1) is 15.0 Å². The van der Waals surface area contributed by atoms with E-state index >= 15 is 0 Å². The van der Waals surface area contributed by atoms with Crippen LogP contribution in [0.1, 0.15) is 34.2 Å². The minimum absolute atomic E-state index is 0. The van der Waals surface area contributed by atoms with Crippen LogP contribution < -0.4 is 30.3 Å². The molecule has 0 bridgehead atoms. The van der Waals surface area contributed by atoms with Gasteiger partial charge in [0.25, 0.3) is 0 Å². The molecule has 0 aliphatic carbocycles. The summed E-state index contributed by atoms with van der Waals surface area (Å²) in [4.78, 5) is 37.5. The molecular formula is C18H27FeI3N6O6+2. The average molecular weight is 860 g/mol. The van der Waals surface area contributed by atoms with Crippen molar-refractivity contribution in [2.24, 2.45) is 0 Å². The Morgan fingerprint density at radius 2 is 0.794 bits per heavy atom. The first kappa shape index (κ1) is 34.9. The second kappa shape index (κ2) is 17.2. The van der Waals surface area contributed by atoms with Crippen LogP contribution in [0.3, 0.4) is 0 Å². The summed E-state index contributed by atoms with van der Waals surface area (Å²) < 4.78 is 1.90. The maximum atomic E-state index is 8.93. The Morgan fingerprint density at radius 1 is 0.618 bits per heavy atom. The molecule has 0 unspecified atom stereocenters. The van der Waals surface area contributed by atoms with Gasteiger partial charge in [-0.1, -0.05) is 14.2 Å². The van der Waals surface area contributed by atoms with Gasteiger partial charge in [0.05, 0.1) is 34.2 Å². The monoisotopic (exact) mass is 860 g/mol. The predicted octanol–water partition coefficient (Wildman–Crippen LogP) is -2.00. The van der Waals surface area contributed by atoms with Crippen LogP contribution in [0.4, 0.5) is 0 Å². The minimum atomic E-state index is -0.377. The van der Waals surface area contributed by atoms with Crippen molar-refractivity contribution >= 4 is 37.2 Å². The third kappa shape index (κ3) is 12.5. The van der Waals surface area contributed by atoms with Gasteiger partial charge in [-0.05, 0) is 59.7 Å². The summed E-state index contributed by atoms with van der Waals surface area (Å²) >= 11 is 5.30. The van der Waals surface area contributed by atoms with Crippen LogP contribution in [0.5, 0.6) is 0 Å². The van der Waals surface area contributed by atoms with Crippen molar-refractivity contribution in [3.63, 3.8) is 0 Å². The quantitative estimate of drug-likeness (QED) is 0.102. The van der Waals surface area contributed by atoms with Crippen LogP contribution in [0.2, 0.25) is 0 Å². The van der Waals surface area contributed by atoms with E-state index in [1.54, 1.807) is 59.7 Å². The maximum Gasteiger partial charge on any atom is 0 e. The van der Waals surface area contributed by atoms with Crippen molar-refractivity contribution in [1.29, 1.82) is 0 Å². The molecule has 0 radical (unpaired) electrons. The number of aromatic nitrogens is 6. The molecule has 0 aliphatic heterocycles. The summed E-state index contributed by atoms with van der Waals surface area (Å²) in [6.07, 6.45) is 0. The molecule has 0 amide bonds. The van der Waals surface area contributed by atoms with Crippen LogP contribution in [0, 0.1) is 41.5 Å². The summed E-state index contributed by atoms with van der Waals surface area (Å²) in [5, 5.41) is 26.8. The molecule has 192 valence electrons. The molecule has 3 aromatic rings. The van der Waals surface area contributed by atoms with Gasteiger partial charge in [-0.25, -0.2) is 14.4 Å². The molecule has 34 heavy (non-hydrogen) atoms. The van der Waals surface area contributed by atoms with Gasteiger partial charge in [0.1, 0.15) is 0 Å². The summed E-state index contributed by atoms with van der Waals surface area (Å²) in [5.41, 5.74) is 2.59. The van der Waals surface area contributed by atoms with Crippen LogP contribution >= 0.6 is 37.2 Å². The first-order valence-corrected chi connectivity index (χ1v) is 21.5. The van der Waals surface area contributed by atoms with E-state index in [9.17, 15) is 0 Å². The zero-order valence-corrected chi connectivity index (χ0v) is 26.7. The Balaban J connectivity index is 0. The Kier molecular flexibility index (Phi) is 17.7. The fourth-order valence-corrected chi connectivity index (χ4v) is 2.28. The number of rotatable bonds is 0. The van der Waals surface area contributed by atoms with Crippen molar-refractivity contribution in [1.82, 2.24) is 29.1 Å². The van der Waals surface area contributed by atoms with Gasteiger partial charge >= 0.3 is 67.6 Å². The van der Waals surface area contributed by atoms with Crippen LogP contribution in [0.25, 0.3) is 0 Å². The van der Waals surface area contributed by atoms with Gasteiger partial charge in [0.2, 0.25) is 0 Å². The van der Waals surface area contributed by atoms with E-state index in [4.69, 9.17) is 30.0 Å².